The van der Waals surface area contributed by atoms with E-state index in [1.165, 1.54) is 38.0 Å². The van der Waals surface area contributed by atoms with E-state index < -0.39 is 0 Å². The lowest BCUT2D eigenvalue weighted by atomic mass is 10.1. The standard InChI is InChI=1S/C19H29ClN4O/c20-17-4-6-18(7-5-17)24-12-8-16(15-24)14-22-19(25)21-9-13-23-10-2-1-3-11-23/h4-7,16H,1-3,8-15H2,(H2,21,22,25)/t16-/m0/s1. The third-order valence-corrected chi connectivity index (χ3v) is 5.44. The van der Waals surface area contributed by atoms with Crippen molar-refractivity contribution in [3.8, 4) is 0 Å². The lowest BCUT2D eigenvalue weighted by Gasteiger charge is -2.26. The zero-order valence-corrected chi connectivity index (χ0v) is 15.6. The van der Waals surface area contributed by atoms with Gasteiger partial charge >= 0.3 is 6.03 Å². The molecule has 6 heteroatoms. The molecule has 1 atom stereocenters. The van der Waals surface area contributed by atoms with Crippen LogP contribution in [0, 0.1) is 5.92 Å². The summed E-state index contributed by atoms with van der Waals surface area (Å²) in [5, 5.41) is 6.78. The Morgan fingerprint density at radius 2 is 1.84 bits per heavy atom. The second-order valence-corrected chi connectivity index (χ2v) is 7.55. The van der Waals surface area contributed by atoms with Crippen molar-refractivity contribution in [1.29, 1.82) is 0 Å². The number of piperidine rings is 1. The highest BCUT2D eigenvalue weighted by Crippen LogP contribution is 2.24. The molecule has 0 saturated carbocycles. The number of benzene rings is 1. The van der Waals surface area contributed by atoms with E-state index in [0.29, 0.717) is 5.92 Å². The second-order valence-electron chi connectivity index (χ2n) is 7.12. The fraction of sp³-hybridized carbons (Fsp3) is 0.632. The molecule has 138 valence electrons. The summed E-state index contributed by atoms with van der Waals surface area (Å²) in [6.07, 6.45) is 5.03. The number of nitrogens with zero attached hydrogens (tertiary/aromatic N) is 2. The van der Waals surface area contributed by atoms with Crippen molar-refractivity contribution >= 4 is 23.3 Å². The van der Waals surface area contributed by atoms with Gasteiger partial charge in [-0.3, -0.25) is 0 Å². The molecule has 5 nitrogen and oxygen atoms in total. The van der Waals surface area contributed by atoms with Gasteiger partial charge in [0, 0.05) is 43.4 Å². The number of hydrogen-bond donors (Lipinski definition) is 2. The van der Waals surface area contributed by atoms with Gasteiger partial charge in [0.25, 0.3) is 0 Å². The number of carbonyl (C=O) groups excluding carboxylic acids is 1. The molecule has 2 aliphatic heterocycles. The molecule has 2 fully saturated rings. The summed E-state index contributed by atoms with van der Waals surface area (Å²) in [5.74, 6) is 0.503. The molecule has 0 radical (unpaired) electrons. The van der Waals surface area contributed by atoms with Crippen molar-refractivity contribution in [2.75, 3.05) is 50.7 Å². The predicted octanol–water partition coefficient (Wildman–Crippen LogP) is 2.95. The topological polar surface area (TPSA) is 47.6 Å². The second kappa shape index (κ2) is 9.30. The van der Waals surface area contributed by atoms with Crippen LogP contribution in [0.15, 0.2) is 24.3 Å². The van der Waals surface area contributed by atoms with E-state index in [-0.39, 0.29) is 6.03 Å². The Bertz CT molecular complexity index is 545. The maximum Gasteiger partial charge on any atom is 0.314 e. The molecule has 3 rings (SSSR count). The average Bonchev–Trinajstić information content (AvgIpc) is 3.10. The van der Waals surface area contributed by atoms with E-state index in [1.807, 2.05) is 12.1 Å². The Hall–Kier alpha value is -1.46. The van der Waals surface area contributed by atoms with Gasteiger partial charge in [0.1, 0.15) is 0 Å². The molecule has 2 heterocycles. The minimum Gasteiger partial charge on any atom is -0.371 e. The van der Waals surface area contributed by atoms with Crippen LogP contribution < -0.4 is 15.5 Å². The maximum absolute atomic E-state index is 12.0. The van der Waals surface area contributed by atoms with Crippen molar-refractivity contribution in [2.45, 2.75) is 25.7 Å². The highest BCUT2D eigenvalue weighted by molar-refractivity contribution is 6.30. The van der Waals surface area contributed by atoms with Gasteiger partial charge in [0.05, 0.1) is 0 Å². The van der Waals surface area contributed by atoms with Crippen LogP contribution in [0.4, 0.5) is 10.5 Å². The highest BCUT2D eigenvalue weighted by Gasteiger charge is 2.23. The van der Waals surface area contributed by atoms with Gasteiger partial charge in [0.2, 0.25) is 0 Å². The first kappa shape index (κ1) is 18.3. The van der Waals surface area contributed by atoms with E-state index in [9.17, 15) is 4.79 Å². The first-order valence-corrected chi connectivity index (χ1v) is 9.83. The van der Waals surface area contributed by atoms with E-state index in [2.05, 4.69) is 32.6 Å². The lowest BCUT2D eigenvalue weighted by Crippen LogP contribution is -2.43. The zero-order valence-electron chi connectivity index (χ0n) is 14.8. The molecular formula is C19H29ClN4O. The van der Waals surface area contributed by atoms with Gasteiger partial charge in [-0.25, -0.2) is 4.79 Å². The van der Waals surface area contributed by atoms with Gasteiger partial charge in [-0.1, -0.05) is 18.0 Å². The Morgan fingerprint density at radius 1 is 1.08 bits per heavy atom. The number of rotatable bonds is 6. The number of halogens is 1. The molecule has 2 N–H and O–H groups in total. The number of carbonyl (C=O) groups is 1. The largest absolute Gasteiger partial charge is 0.371 e. The van der Waals surface area contributed by atoms with Crippen molar-refractivity contribution < 1.29 is 4.79 Å². The number of likely N-dealkylation sites (tertiary alicyclic amines) is 1. The van der Waals surface area contributed by atoms with Crippen LogP contribution in [0.25, 0.3) is 0 Å². The summed E-state index contributed by atoms with van der Waals surface area (Å²) < 4.78 is 0. The van der Waals surface area contributed by atoms with Crippen molar-refractivity contribution in [2.24, 2.45) is 5.92 Å². The number of hydrogen-bond acceptors (Lipinski definition) is 3. The van der Waals surface area contributed by atoms with Gasteiger partial charge < -0.3 is 20.4 Å². The fourth-order valence-corrected chi connectivity index (χ4v) is 3.82. The van der Waals surface area contributed by atoms with E-state index in [4.69, 9.17) is 11.6 Å². The summed E-state index contributed by atoms with van der Waals surface area (Å²) in [5.41, 5.74) is 1.21. The molecule has 0 spiro atoms. The van der Waals surface area contributed by atoms with E-state index >= 15 is 0 Å². The summed E-state index contributed by atoms with van der Waals surface area (Å²) in [6.45, 7) is 6.78. The molecule has 2 aliphatic rings. The third kappa shape index (κ3) is 5.79. The number of anilines is 1. The molecule has 0 unspecified atom stereocenters. The van der Waals surface area contributed by atoms with Crippen LogP contribution in [-0.2, 0) is 0 Å². The Morgan fingerprint density at radius 3 is 2.60 bits per heavy atom. The van der Waals surface area contributed by atoms with E-state index in [1.54, 1.807) is 0 Å². The smallest absolute Gasteiger partial charge is 0.314 e. The van der Waals surface area contributed by atoms with Crippen LogP contribution in [0.3, 0.4) is 0 Å². The SMILES string of the molecule is O=C(NCCN1CCCCC1)NC[C@@H]1CCN(c2ccc(Cl)cc2)C1. The molecule has 25 heavy (non-hydrogen) atoms. The Labute approximate surface area is 155 Å². The summed E-state index contributed by atoms with van der Waals surface area (Å²) in [6, 6.07) is 7.94. The monoisotopic (exact) mass is 364 g/mol. The third-order valence-electron chi connectivity index (χ3n) is 5.19. The Balaban J connectivity index is 1.30. The Kier molecular flexibility index (Phi) is 6.82. The molecule has 1 aromatic rings. The molecule has 0 aromatic heterocycles. The van der Waals surface area contributed by atoms with Gasteiger partial charge in [0.15, 0.2) is 0 Å². The van der Waals surface area contributed by atoms with Crippen LogP contribution in [0.1, 0.15) is 25.7 Å². The minimum absolute atomic E-state index is 0.0399. The number of nitrogens with one attached hydrogen (secondary N) is 2. The average molecular weight is 365 g/mol. The molecule has 0 bridgehead atoms. The van der Waals surface area contributed by atoms with Gasteiger partial charge in [-0.05, 0) is 62.5 Å². The normalized spacial score (nSPS) is 21.3. The number of amides is 2. The van der Waals surface area contributed by atoms with Crippen LogP contribution in [0.2, 0.25) is 5.02 Å². The maximum atomic E-state index is 12.0. The highest BCUT2D eigenvalue weighted by atomic mass is 35.5. The zero-order chi connectivity index (χ0) is 17.5. The molecule has 2 amide bonds. The van der Waals surface area contributed by atoms with Gasteiger partial charge in [-0.2, -0.15) is 0 Å². The van der Waals surface area contributed by atoms with Crippen LogP contribution in [0.5, 0.6) is 0 Å². The first-order chi connectivity index (χ1) is 12.2. The molecule has 1 aromatic carbocycles. The van der Waals surface area contributed by atoms with Crippen molar-refractivity contribution in [1.82, 2.24) is 15.5 Å². The van der Waals surface area contributed by atoms with Crippen LogP contribution in [-0.4, -0.2) is 56.7 Å². The van der Waals surface area contributed by atoms with Crippen molar-refractivity contribution in [3.05, 3.63) is 29.3 Å². The minimum atomic E-state index is -0.0399. The van der Waals surface area contributed by atoms with Crippen LogP contribution >= 0.6 is 11.6 Å². The molecular weight excluding hydrogens is 336 g/mol. The predicted molar refractivity (Wildman–Crippen MR) is 103 cm³/mol. The first-order valence-electron chi connectivity index (χ1n) is 9.45. The summed E-state index contributed by atoms with van der Waals surface area (Å²) >= 11 is 5.95. The van der Waals surface area contributed by atoms with E-state index in [0.717, 1.165) is 44.2 Å². The quantitative estimate of drug-likeness (QED) is 0.815. The lowest BCUT2D eigenvalue weighted by molar-refractivity contribution is 0.220. The number of urea groups is 1. The summed E-state index contributed by atoms with van der Waals surface area (Å²) in [4.78, 5) is 16.8. The molecule has 2 saturated heterocycles. The van der Waals surface area contributed by atoms with Crippen molar-refractivity contribution in [3.63, 3.8) is 0 Å². The molecule has 0 aliphatic carbocycles. The van der Waals surface area contributed by atoms with Gasteiger partial charge in [-0.15, -0.1) is 0 Å². The fourth-order valence-electron chi connectivity index (χ4n) is 3.70. The summed E-state index contributed by atoms with van der Waals surface area (Å²) in [7, 11) is 0.